The number of hydrogen-bond acceptors (Lipinski definition) is 4. The SMILES string of the molecule is C[C@H]1[C@@H](O)[C@H]2[C@H](C[C@H](O)[C@]3(C)[C@@H]([C@H](C)CCC(=O)O)CC[C@@H]23)[C@@]2(C)CC[C@@](C)(O)C[C@@H]12. The fraction of sp³-hybridized carbons (Fsp3) is 0.962. The number of carboxylic acid groups (broad SMARTS) is 1. The molecule has 4 rings (SSSR count). The van der Waals surface area contributed by atoms with E-state index in [0.29, 0.717) is 12.3 Å². The topological polar surface area (TPSA) is 98.0 Å². The van der Waals surface area contributed by atoms with Gasteiger partial charge in [0.25, 0.3) is 0 Å². The summed E-state index contributed by atoms with van der Waals surface area (Å²) in [6, 6.07) is 0. The van der Waals surface area contributed by atoms with Crippen LogP contribution in [0.4, 0.5) is 0 Å². The largest absolute Gasteiger partial charge is 0.481 e. The smallest absolute Gasteiger partial charge is 0.303 e. The first-order valence-electron chi connectivity index (χ1n) is 12.6. The molecule has 0 aromatic carbocycles. The lowest BCUT2D eigenvalue weighted by molar-refractivity contribution is -0.232. The minimum atomic E-state index is -0.750. The normalized spacial score (nSPS) is 55.1. The Morgan fingerprint density at radius 3 is 2.39 bits per heavy atom. The molecule has 12 atom stereocenters. The number of carbonyl (C=O) groups is 1. The molecule has 4 fully saturated rings. The second-order valence-electron chi connectivity index (χ2n) is 12.7. The van der Waals surface area contributed by atoms with E-state index in [1.54, 1.807) is 0 Å². The predicted molar refractivity (Wildman–Crippen MR) is 119 cm³/mol. The minimum absolute atomic E-state index is 0.0425. The van der Waals surface area contributed by atoms with Crippen molar-refractivity contribution >= 4 is 5.97 Å². The van der Waals surface area contributed by atoms with Gasteiger partial charge in [-0.15, -0.1) is 0 Å². The van der Waals surface area contributed by atoms with Crippen molar-refractivity contribution in [3.05, 3.63) is 0 Å². The van der Waals surface area contributed by atoms with Gasteiger partial charge >= 0.3 is 5.97 Å². The molecule has 5 nitrogen and oxygen atoms in total. The predicted octanol–water partition coefficient (Wildman–Crippen LogP) is 4.08. The molecule has 4 aliphatic carbocycles. The third-order valence-corrected chi connectivity index (χ3v) is 11.1. The lowest BCUT2D eigenvalue weighted by atomic mass is 9.40. The molecule has 0 aromatic rings. The van der Waals surface area contributed by atoms with E-state index in [2.05, 4.69) is 27.7 Å². The summed E-state index contributed by atoms with van der Waals surface area (Å²) in [5, 5.41) is 43.1. The van der Waals surface area contributed by atoms with E-state index in [-0.39, 0.29) is 52.8 Å². The summed E-state index contributed by atoms with van der Waals surface area (Å²) < 4.78 is 0. The summed E-state index contributed by atoms with van der Waals surface area (Å²) in [5.41, 5.74) is -0.880. The van der Waals surface area contributed by atoms with Crippen LogP contribution in [0.3, 0.4) is 0 Å². The molecule has 178 valence electrons. The Balaban J connectivity index is 1.65. The van der Waals surface area contributed by atoms with E-state index < -0.39 is 23.8 Å². The van der Waals surface area contributed by atoms with Crippen LogP contribution in [0, 0.1) is 52.3 Å². The van der Waals surface area contributed by atoms with E-state index >= 15 is 0 Å². The van der Waals surface area contributed by atoms with E-state index in [1.165, 1.54) is 0 Å². The molecular weight excluding hydrogens is 392 g/mol. The third-order valence-electron chi connectivity index (χ3n) is 11.1. The molecule has 4 aliphatic rings. The molecule has 4 N–H and O–H groups in total. The number of aliphatic hydroxyl groups excluding tert-OH is 2. The highest BCUT2D eigenvalue weighted by Crippen LogP contribution is 2.69. The van der Waals surface area contributed by atoms with Crippen LogP contribution in [0.2, 0.25) is 0 Å². The van der Waals surface area contributed by atoms with Crippen molar-refractivity contribution in [2.45, 2.75) is 104 Å². The molecular formula is C26H44O5. The maximum absolute atomic E-state index is 11.6. The van der Waals surface area contributed by atoms with Gasteiger partial charge in [-0.25, -0.2) is 0 Å². The quantitative estimate of drug-likeness (QED) is 0.532. The monoisotopic (exact) mass is 436 g/mol. The van der Waals surface area contributed by atoms with Crippen molar-refractivity contribution in [2.24, 2.45) is 52.3 Å². The van der Waals surface area contributed by atoms with Gasteiger partial charge in [0.1, 0.15) is 0 Å². The van der Waals surface area contributed by atoms with Crippen molar-refractivity contribution in [2.75, 3.05) is 0 Å². The van der Waals surface area contributed by atoms with Gasteiger partial charge in [0.2, 0.25) is 0 Å². The first-order valence-corrected chi connectivity index (χ1v) is 12.6. The van der Waals surface area contributed by atoms with E-state index in [0.717, 1.165) is 38.5 Å². The number of fused-ring (bicyclic) bond motifs is 5. The molecule has 0 bridgehead atoms. The van der Waals surface area contributed by atoms with Gasteiger partial charge in [0, 0.05) is 6.42 Å². The molecule has 5 heteroatoms. The molecule has 0 aromatic heterocycles. The Morgan fingerprint density at radius 1 is 1.06 bits per heavy atom. The number of aliphatic carboxylic acids is 1. The van der Waals surface area contributed by atoms with Crippen molar-refractivity contribution in [1.82, 2.24) is 0 Å². The first-order chi connectivity index (χ1) is 14.3. The summed E-state index contributed by atoms with van der Waals surface area (Å²) in [4.78, 5) is 11.1. The van der Waals surface area contributed by atoms with Crippen molar-refractivity contribution in [3.8, 4) is 0 Å². The molecule has 0 radical (unpaired) electrons. The van der Waals surface area contributed by atoms with Crippen molar-refractivity contribution in [1.29, 1.82) is 0 Å². The second kappa shape index (κ2) is 7.70. The fourth-order valence-electron chi connectivity index (χ4n) is 9.29. The maximum Gasteiger partial charge on any atom is 0.303 e. The van der Waals surface area contributed by atoms with Crippen LogP contribution in [0.15, 0.2) is 0 Å². The lowest BCUT2D eigenvalue weighted by Crippen LogP contribution is -2.65. The van der Waals surface area contributed by atoms with Crippen molar-refractivity contribution in [3.63, 3.8) is 0 Å². The van der Waals surface area contributed by atoms with Gasteiger partial charge in [0.05, 0.1) is 17.8 Å². The zero-order valence-corrected chi connectivity index (χ0v) is 20.1. The number of carboxylic acids is 1. The molecule has 0 saturated heterocycles. The highest BCUT2D eigenvalue weighted by atomic mass is 16.4. The van der Waals surface area contributed by atoms with Crippen LogP contribution in [0.25, 0.3) is 0 Å². The Morgan fingerprint density at radius 2 is 1.74 bits per heavy atom. The van der Waals surface area contributed by atoms with E-state index in [1.807, 2.05) is 6.92 Å². The van der Waals surface area contributed by atoms with Gasteiger partial charge in [-0.3, -0.25) is 4.79 Å². The average Bonchev–Trinajstić information content (AvgIpc) is 3.05. The molecule has 0 unspecified atom stereocenters. The fourth-order valence-corrected chi connectivity index (χ4v) is 9.29. The third kappa shape index (κ3) is 3.49. The Bertz CT molecular complexity index is 706. The van der Waals surface area contributed by atoms with E-state index in [9.17, 15) is 20.1 Å². The summed E-state index contributed by atoms with van der Waals surface area (Å²) in [5.74, 6) is 0.953. The Labute approximate surface area is 187 Å². The number of aliphatic hydroxyl groups is 3. The van der Waals surface area contributed by atoms with Crippen molar-refractivity contribution < 1.29 is 25.2 Å². The van der Waals surface area contributed by atoms with Crippen LogP contribution in [-0.4, -0.2) is 44.2 Å². The summed E-state index contributed by atoms with van der Waals surface area (Å²) in [6.07, 6.45) is 5.24. The first kappa shape index (κ1) is 23.5. The van der Waals surface area contributed by atoms with Gasteiger partial charge in [-0.1, -0.05) is 27.7 Å². The van der Waals surface area contributed by atoms with Gasteiger partial charge in [-0.2, -0.15) is 0 Å². The lowest BCUT2D eigenvalue weighted by Gasteiger charge is -2.66. The Kier molecular flexibility index (Phi) is 5.84. The van der Waals surface area contributed by atoms with Crippen LogP contribution < -0.4 is 0 Å². The standard InChI is InChI=1S/C26H44O5/c1-14(6-9-21(28)29)16-7-8-17-22-18(12-20(27)26(16,17)5)25(4)11-10-24(3,31)13-19(25)15(2)23(22)30/h14-20,22-23,27,30-31H,6-13H2,1-5H3,(H,28,29)/t14-,15-,16-,17+,18+,19+,20+,22-,23-,24-,25-,26-/m1/s1. The zero-order chi connectivity index (χ0) is 22.9. The molecule has 0 heterocycles. The summed E-state index contributed by atoms with van der Waals surface area (Å²) in [6.45, 7) is 10.9. The maximum atomic E-state index is 11.6. The second-order valence-corrected chi connectivity index (χ2v) is 12.7. The van der Waals surface area contributed by atoms with E-state index in [4.69, 9.17) is 5.11 Å². The van der Waals surface area contributed by atoms with Gasteiger partial charge in [0.15, 0.2) is 0 Å². The highest BCUT2D eigenvalue weighted by Gasteiger charge is 2.67. The molecule has 0 amide bonds. The average molecular weight is 437 g/mol. The molecule has 0 spiro atoms. The Hall–Kier alpha value is -0.650. The summed E-state index contributed by atoms with van der Waals surface area (Å²) >= 11 is 0. The molecule has 31 heavy (non-hydrogen) atoms. The van der Waals surface area contributed by atoms with Crippen LogP contribution in [-0.2, 0) is 4.79 Å². The number of hydrogen-bond donors (Lipinski definition) is 4. The van der Waals surface area contributed by atoms with Crippen LogP contribution in [0.1, 0.15) is 86.0 Å². The minimum Gasteiger partial charge on any atom is -0.481 e. The summed E-state index contributed by atoms with van der Waals surface area (Å²) in [7, 11) is 0. The molecule has 4 saturated carbocycles. The van der Waals surface area contributed by atoms with Crippen LogP contribution in [0.5, 0.6) is 0 Å². The number of rotatable bonds is 4. The van der Waals surface area contributed by atoms with Gasteiger partial charge in [-0.05, 0) is 104 Å². The van der Waals surface area contributed by atoms with Crippen LogP contribution >= 0.6 is 0 Å². The molecule has 0 aliphatic heterocycles. The zero-order valence-electron chi connectivity index (χ0n) is 20.1. The van der Waals surface area contributed by atoms with Gasteiger partial charge < -0.3 is 20.4 Å². The highest BCUT2D eigenvalue weighted by molar-refractivity contribution is 5.66.